The summed E-state index contributed by atoms with van der Waals surface area (Å²) < 4.78 is 0. The van der Waals surface area contributed by atoms with E-state index >= 15 is 0 Å². The smallest absolute Gasteiger partial charge is 0.0652 e. The fourth-order valence-corrected chi connectivity index (χ4v) is 1.25. The van der Waals surface area contributed by atoms with E-state index in [0.717, 1.165) is 25.7 Å². The van der Waals surface area contributed by atoms with E-state index in [1.807, 2.05) is 6.92 Å². The number of nitrogens with zero attached hydrogens (tertiary/aromatic N) is 2. The van der Waals surface area contributed by atoms with E-state index in [-0.39, 0.29) is 5.92 Å². The molecule has 0 aliphatic carbocycles. The first-order valence-corrected chi connectivity index (χ1v) is 5.08. The Morgan fingerprint density at radius 3 is 2.23 bits per heavy atom. The summed E-state index contributed by atoms with van der Waals surface area (Å²) in [6.45, 7) is 1.97. The van der Waals surface area contributed by atoms with Crippen molar-refractivity contribution in [1.29, 1.82) is 10.5 Å². The molecule has 0 radical (unpaired) electrons. The van der Waals surface area contributed by atoms with Gasteiger partial charge in [0.2, 0.25) is 0 Å². The van der Waals surface area contributed by atoms with Gasteiger partial charge in [0.1, 0.15) is 0 Å². The lowest BCUT2D eigenvalue weighted by atomic mass is 10.0. The predicted octanol–water partition coefficient (Wildman–Crippen LogP) is 3.40. The van der Waals surface area contributed by atoms with Crippen LogP contribution in [0.1, 0.15) is 51.9 Å². The number of hydrogen-bond donors (Lipinski definition) is 0. The number of nitriles is 2. The SMILES string of the molecule is CC(C#N)CCCCCCCC#N. The van der Waals surface area contributed by atoms with Crippen LogP contribution in [-0.2, 0) is 0 Å². The summed E-state index contributed by atoms with van der Waals surface area (Å²) in [7, 11) is 0. The molecule has 0 aromatic carbocycles. The van der Waals surface area contributed by atoms with Crippen LogP contribution in [0.15, 0.2) is 0 Å². The van der Waals surface area contributed by atoms with Crippen LogP contribution in [0.25, 0.3) is 0 Å². The van der Waals surface area contributed by atoms with E-state index < -0.39 is 0 Å². The van der Waals surface area contributed by atoms with Crippen LogP contribution in [0.5, 0.6) is 0 Å². The fraction of sp³-hybridized carbons (Fsp3) is 0.818. The van der Waals surface area contributed by atoms with E-state index in [4.69, 9.17) is 10.5 Å². The number of unbranched alkanes of at least 4 members (excludes halogenated alkanes) is 5. The van der Waals surface area contributed by atoms with Crippen molar-refractivity contribution in [2.24, 2.45) is 5.92 Å². The van der Waals surface area contributed by atoms with Gasteiger partial charge in [-0.15, -0.1) is 0 Å². The average molecular weight is 178 g/mol. The topological polar surface area (TPSA) is 47.6 Å². The average Bonchev–Trinajstić information content (AvgIpc) is 2.16. The van der Waals surface area contributed by atoms with Gasteiger partial charge in [0.05, 0.1) is 12.1 Å². The van der Waals surface area contributed by atoms with E-state index in [9.17, 15) is 0 Å². The molecule has 1 atom stereocenters. The van der Waals surface area contributed by atoms with Gasteiger partial charge >= 0.3 is 0 Å². The monoisotopic (exact) mass is 178 g/mol. The molecule has 0 saturated heterocycles. The lowest BCUT2D eigenvalue weighted by Gasteiger charge is -2.01. The zero-order valence-corrected chi connectivity index (χ0v) is 8.42. The third kappa shape index (κ3) is 8.89. The first-order valence-electron chi connectivity index (χ1n) is 5.08. The lowest BCUT2D eigenvalue weighted by Crippen LogP contribution is -1.89. The lowest BCUT2D eigenvalue weighted by molar-refractivity contribution is 0.552. The maximum absolute atomic E-state index is 8.52. The van der Waals surface area contributed by atoms with Gasteiger partial charge < -0.3 is 0 Å². The van der Waals surface area contributed by atoms with Crippen molar-refractivity contribution in [3.8, 4) is 12.1 Å². The summed E-state index contributed by atoms with van der Waals surface area (Å²) in [4.78, 5) is 0. The summed E-state index contributed by atoms with van der Waals surface area (Å²) >= 11 is 0. The van der Waals surface area contributed by atoms with E-state index in [1.54, 1.807) is 0 Å². The van der Waals surface area contributed by atoms with Crippen molar-refractivity contribution >= 4 is 0 Å². The van der Waals surface area contributed by atoms with Crippen molar-refractivity contribution in [3.63, 3.8) is 0 Å². The Morgan fingerprint density at radius 1 is 1.00 bits per heavy atom. The summed E-state index contributed by atoms with van der Waals surface area (Å²) in [6.07, 6.45) is 7.47. The normalized spacial score (nSPS) is 11.6. The summed E-state index contributed by atoms with van der Waals surface area (Å²) in [5.74, 6) is 0.208. The standard InChI is InChI=1S/C11H18N2/c1-11(10-13)8-6-4-2-3-5-7-9-12/h11H,2-8H2,1H3. The summed E-state index contributed by atoms with van der Waals surface area (Å²) in [5.41, 5.74) is 0. The highest BCUT2D eigenvalue weighted by Crippen LogP contribution is 2.10. The molecule has 0 fully saturated rings. The molecule has 0 N–H and O–H groups in total. The molecule has 0 rings (SSSR count). The van der Waals surface area contributed by atoms with Crippen LogP contribution >= 0.6 is 0 Å². The predicted molar refractivity (Wildman–Crippen MR) is 52.7 cm³/mol. The van der Waals surface area contributed by atoms with Crippen LogP contribution in [0.3, 0.4) is 0 Å². The quantitative estimate of drug-likeness (QED) is 0.561. The second kappa shape index (κ2) is 9.07. The van der Waals surface area contributed by atoms with Gasteiger partial charge in [-0.1, -0.05) is 25.7 Å². The third-order valence-corrected chi connectivity index (χ3v) is 2.15. The van der Waals surface area contributed by atoms with Crippen molar-refractivity contribution in [1.82, 2.24) is 0 Å². The molecule has 13 heavy (non-hydrogen) atoms. The molecule has 0 aromatic heterocycles. The Bertz CT molecular complexity index is 185. The van der Waals surface area contributed by atoms with Crippen molar-refractivity contribution in [2.45, 2.75) is 51.9 Å². The fourth-order valence-electron chi connectivity index (χ4n) is 1.25. The molecule has 0 aromatic rings. The highest BCUT2D eigenvalue weighted by molar-refractivity contribution is 4.77. The second-order valence-electron chi connectivity index (χ2n) is 3.49. The van der Waals surface area contributed by atoms with Gasteiger partial charge in [-0.2, -0.15) is 10.5 Å². The first-order chi connectivity index (χ1) is 6.31. The van der Waals surface area contributed by atoms with E-state index in [0.29, 0.717) is 6.42 Å². The van der Waals surface area contributed by atoms with Crippen molar-refractivity contribution < 1.29 is 0 Å². The van der Waals surface area contributed by atoms with Gasteiger partial charge in [-0.3, -0.25) is 0 Å². The Hall–Kier alpha value is -1.02. The minimum absolute atomic E-state index is 0.208. The maximum Gasteiger partial charge on any atom is 0.0652 e. The molecular weight excluding hydrogens is 160 g/mol. The minimum Gasteiger partial charge on any atom is -0.198 e. The Balaban J connectivity index is 3.01. The summed E-state index contributed by atoms with van der Waals surface area (Å²) in [5, 5.41) is 16.8. The molecule has 0 aliphatic rings. The minimum atomic E-state index is 0.208. The van der Waals surface area contributed by atoms with Crippen LogP contribution in [-0.4, -0.2) is 0 Å². The zero-order valence-electron chi connectivity index (χ0n) is 8.42. The number of hydrogen-bond acceptors (Lipinski definition) is 2. The van der Waals surface area contributed by atoms with E-state index in [2.05, 4.69) is 12.1 Å². The summed E-state index contributed by atoms with van der Waals surface area (Å²) in [6, 6.07) is 4.38. The first kappa shape index (κ1) is 12.0. The second-order valence-corrected chi connectivity index (χ2v) is 3.49. The Labute approximate surface area is 81.2 Å². The van der Waals surface area contributed by atoms with Crippen molar-refractivity contribution in [3.05, 3.63) is 0 Å². The van der Waals surface area contributed by atoms with Crippen molar-refractivity contribution in [2.75, 3.05) is 0 Å². The molecule has 0 saturated carbocycles. The van der Waals surface area contributed by atoms with Crippen LogP contribution in [0.4, 0.5) is 0 Å². The molecule has 0 spiro atoms. The molecule has 0 amide bonds. The van der Waals surface area contributed by atoms with E-state index in [1.165, 1.54) is 12.8 Å². The third-order valence-electron chi connectivity index (χ3n) is 2.15. The molecule has 0 bridgehead atoms. The molecule has 0 heterocycles. The molecule has 2 nitrogen and oxygen atoms in total. The largest absolute Gasteiger partial charge is 0.198 e. The Morgan fingerprint density at radius 2 is 1.62 bits per heavy atom. The maximum atomic E-state index is 8.52. The van der Waals surface area contributed by atoms with Gasteiger partial charge in [0, 0.05) is 12.3 Å². The van der Waals surface area contributed by atoms with Gasteiger partial charge in [0.15, 0.2) is 0 Å². The van der Waals surface area contributed by atoms with Crippen LogP contribution < -0.4 is 0 Å². The van der Waals surface area contributed by atoms with Crippen LogP contribution in [0.2, 0.25) is 0 Å². The molecule has 0 aliphatic heterocycles. The van der Waals surface area contributed by atoms with Gasteiger partial charge in [-0.05, 0) is 19.8 Å². The molecule has 1 unspecified atom stereocenters. The molecule has 72 valence electrons. The Kier molecular flexibility index (Phi) is 8.36. The highest BCUT2D eigenvalue weighted by Gasteiger charge is 1.98. The van der Waals surface area contributed by atoms with Gasteiger partial charge in [0.25, 0.3) is 0 Å². The highest BCUT2D eigenvalue weighted by atomic mass is 14.3. The molecule has 2 heteroatoms. The number of rotatable bonds is 7. The van der Waals surface area contributed by atoms with Crippen LogP contribution in [0, 0.1) is 28.6 Å². The zero-order chi connectivity index (χ0) is 9.94. The molecular formula is C11H18N2. The van der Waals surface area contributed by atoms with Gasteiger partial charge in [-0.25, -0.2) is 0 Å².